The van der Waals surface area contributed by atoms with E-state index < -0.39 is 30.2 Å². The van der Waals surface area contributed by atoms with Gasteiger partial charge in [-0.2, -0.15) is 13.2 Å². The summed E-state index contributed by atoms with van der Waals surface area (Å²) in [6.07, 6.45) is -6.47. The molecule has 0 radical (unpaired) electrons. The summed E-state index contributed by atoms with van der Waals surface area (Å²) in [7, 11) is 0. The summed E-state index contributed by atoms with van der Waals surface area (Å²) in [5.41, 5.74) is 4.93. The second-order valence-electron chi connectivity index (χ2n) is 2.51. The fourth-order valence-electron chi connectivity index (χ4n) is 0.976. The molecule has 8 heteroatoms. The van der Waals surface area contributed by atoms with Crippen LogP contribution in [0, 0.1) is 5.92 Å². The first-order valence-electron chi connectivity index (χ1n) is 3.26. The third-order valence-corrected chi connectivity index (χ3v) is 1.53. The first-order chi connectivity index (χ1) is 5.82. The normalized spacial score (nSPS) is 29.5. The molecular formula is C5H6F3N3O2. The number of carbonyl (C=O) groups is 2. The summed E-state index contributed by atoms with van der Waals surface area (Å²) < 4.78 is 36.2. The van der Waals surface area contributed by atoms with Crippen LogP contribution in [0.1, 0.15) is 0 Å². The van der Waals surface area contributed by atoms with Crippen molar-refractivity contribution in [1.29, 1.82) is 0 Å². The fourth-order valence-corrected chi connectivity index (χ4v) is 0.976. The number of alkyl halides is 3. The summed E-state index contributed by atoms with van der Waals surface area (Å²) in [6, 6.07) is -1.02. The van der Waals surface area contributed by atoms with E-state index in [-0.39, 0.29) is 0 Å². The Morgan fingerprint density at radius 2 is 1.85 bits per heavy atom. The van der Waals surface area contributed by atoms with Gasteiger partial charge in [0, 0.05) is 0 Å². The van der Waals surface area contributed by atoms with Crippen LogP contribution in [0.4, 0.5) is 18.0 Å². The molecule has 74 valence electrons. The molecule has 1 heterocycles. The smallest absolute Gasteiger partial charge is 0.322 e. The highest BCUT2D eigenvalue weighted by Crippen LogP contribution is 2.28. The number of rotatable bonds is 0. The Morgan fingerprint density at radius 1 is 1.31 bits per heavy atom. The van der Waals surface area contributed by atoms with Gasteiger partial charge in [-0.15, -0.1) is 0 Å². The predicted octanol–water partition coefficient (Wildman–Crippen LogP) is -0.711. The van der Waals surface area contributed by atoms with Crippen molar-refractivity contribution in [3.8, 4) is 0 Å². The van der Waals surface area contributed by atoms with Gasteiger partial charge in [-0.05, 0) is 0 Å². The molecule has 13 heavy (non-hydrogen) atoms. The Kier molecular flexibility index (Phi) is 2.16. The van der Waals surface area contributed by atoms with Gasteiger partial charge in [0.25, 0.3) is 0 Å². The molecule has 1 rings (SSSR count). The highest BCUT2D eigenvalue weighted by molar-refractivity contribution is 5.98. The number of hydrogen-bond acceptors (Lipinski definition) is 3. The molecule has 0 aromatic carbocycles. The number of hydrogen-bond donors (Lipinski definition) is 3. The molecule has 0 aromatic rings. The van der Waals surface area contributed by atoms with Gasteiger partial charge in [0.15, 0.2) is 5.92 Å². The lowest BCUT2D eigenvalue weighted by atomic mass is 10.0. The number of nitrogens with two attached hydrogens (primary N) is 1. The number of carbonyl (C=O) groups excluding carboxylic acids is 2. The van der Waals surface area contributed by atoms with Gasteiger partial charge in [-0.1, -0.05) is 0 Å². The van der Waals surface area contributed by atoms with Crippen molar-refractivity contribution in [2.45, 2.75) is 12.3 Å². The maximum absolute atomic E-state index is 12.1. The van der Waals surface area contributed by atoms with Gasteiger partial charge in [-0.3, -0.25) is 10.1 Å². The lowest BCUT2D eigenvalue weighted by Gasteiger charge is -2.29. The van der Waals surface area contributed by atoms with Crippen molar-refractivity contribution in [3.63, 3.8) is 0 Å². The monoisotopic (exact) mass is 197 g/mol. The molecule has 0 spiro atoms. The Hall–Kier alpha value is -1.31. The largest absolute Gasteiger partial charge is 0.403 e. The minimum absolute atomic E-state index is 1.02. The van der Waals surface area contributed by atoms with E-state index in [4.69, 9.17) is 5.73 Å². The third kappa shape index (κ3) is 1.89. The molecule has 0 aromatic heterocycles. The molecule has 0 aliphatic carbocycles. The van der Waals surface area contributed by atoms with Crippen LogP contribution in [0.5, 0.6) is 0 Å². The molecule has 5 nitrogen and oxygen atoms in total. The topological polar surface area (TPSA) is 84.2 Å². The molecule has 0 saturated carbocycles. The molecule has 4 N–H and O–H groups in total. The fraction of sp³-hybridized carbons (Fsp3) is 0.600. The Morgan fingerprint density at radius 3 is 2.23 bits per heavy atom. The Balaban J connectivity index is 2.85. The second-order valence-corrected chi connectivity index (χ2v) is 2.51. The van der Waals surface area contributed by atoms with Crippen molar-refractivity contribution in [2.75, 3.05) is 0 Å². The highest BCUT2D eigenvalue weighted by atomic mass is 19.4. The zero-order chi connectivity index (χ0) is 10.2. The molecule has 1 aliphatic rings. The summed E-state index contributed by atoms with van der Waals surface area (Å²) >= 11 is 0. The maximum atomic E-state index is 12.1. The maximum Gasteiger partial charge on any atom is 0.403 e. The van der Waals surface area contributed by atoms with E-state index in [1.807, 2.05) is 0 Å². The quantitative estimate of drug-likeness (QED) is 0.479. The van der Waals surface area contributed by atoms with Crippen LogP contribution in [0.15, 0.2) is 0 Å². The summed E-state index contributed by atoms with van der Waals surface area (Å²) in [6.45, 7) is 0. The van der Waals surface area contributed by atoms with E-state index in [1.165, 1.54) is 5.32 Å². The van der Waals surface area contributed by atoms with Crippen LogP contribution in [0.25, 0.3) is 0 Å². The molecule has 2 unspecified atom stereocenters. The minimum atomic E-state index is -4.75. The third-order valence-electron chi connectivity index (χ3n) is 1.53. The minimum Gasteiger partial charge on any atom is -0.322 e. The number of halogens is 3. The first kappa shape index (κ1) is 9.78. The van der Waals surface area contributed by atoms with Crippen LogP contribution in [0.2, 0.25) is 0 Å². The van der Waals surface area contributed by atoms with Crippen molar-refractivity contribution in [2.24, 2.45) is 11.7 Å². The summed E-state index contributed by atoms with van der Waals surface area (Å²) in [4.78, 5) is 21.2. The molecule has 3 amide bonds. The molecule has 1 aliphatic heterocycles. The van der Waals surface area contributed by atoms with E-state index in [0.717, 1.165) is 0 Å². The molecular weight excluding hydrogens is 191 g/mol. The zero-order valence-electron chi connectivity index (χ0n) is 6.18. The highest BCUT2D eigenvalue weighted by Gasteiger charge is 2.51. The second kappa shape index (κ2) is 2.87. The van der Waals surface area contributed by atoms with E-state index in [0.29, 0.717) is 0 Å². The molecule has 0 bridgehead atoms. The molecule has 1 saturated heterocycles. The number of amides is 3. The van der Waals surface area contributed by atoms with E-state index in [2.05, 4.69) is 0 Å². The van der Waals surface area contributed by atoms with E-state index in [1.54, 1.807) is 5.32 Å². The van der Waals surface area contributed by atoms with Crippen LogP contribution >= 0.6 is 0 Å². The van der Waals surface area contributed by atoms with Gasteiger partial charge in [0.2, 0.25) is 5.91 Å². The number of nitrogens with one attached hydrogen (secondary N) is 2. The summed E-state index contributed by atoms with van der Waals surface area (Å²) in [5, 5.41) is 3.23. The number of urea groups is 1. The average Bonchev–Trinajstić information content (AvgIpc) is 1.78. The lowest BCUT2D eigenvalue weighted by molar-refractivity contribution is -0.188. The van der Waals surface area contributed by atoms with Crippen LogP contribution in [-0.2, 0) is 4.79 Å². The van der Waals surface area contributed by atoms with Gasteiger partial charge in [0.05, 0.1) is 6.17 Å². The van der Waals surface area contributed by atoms with Gasteiger partial charge in [0.1, 0.15) is 0 Å². The summed E-state index contributed by atoms with van der Waals surface area (Å²) in [5.74, 6) is -3.81. The van der Waals surface area contributed by atoms with Crippen molar-refractivity contribution in [3.05, 3.63) is 0 Å². The van der Waals surface area contributed by atoms with Crippen molar-refractivity contribution >= 4 is 11.9 Å². The molecule has 2 atom stereocenters. The molecule has 1 fully saturated rings. The van der Waals surface area contributed by atoms with Crippen LogP contribution in [-0.4, -0.2) is 24.3 Å². The first-order valence-corrected chi connectivity index (χ1v) is 3.26. The standard InChI is InChI=1S/C5H6F3N3O2/c6-5(7,8)1-2(9)10-4(13)11-3(1)12/h1-2H,9H2,(H2,10,11,12,13). The van der Waals surface area contributed by atoms with Crippen LogP contribution < -0.4 is 16.4 Å². The lowest BCUT2D eigenvalue weighted by Crippen LogP contribution is -2.65. The van der Waals surface area contributed by atoms with Crippen LogP contribution in [0.3, 0.4) is 0 Å². The van der Waals surface area contributed by atoms with E-state index >= 15 is 0 Å². The Labute approximate surface area is 70.5 Å². The zero-order valence-corrected chi connectivity index (χ0v) is 6.18. The van der Waals surface area contributed by atoms with Crippen molar-refractivity contribution < 1.29 is 22.8 Å². The van der Waals surface area contributed by atoms with Crippen molar-refractivity contribution in [1.82, 2.24) is 10.6 Å². The SMILES string of the molecule is NC1NC(=O)NC(=O)C1C(F)(F)F. The van der Waals surface area contributed by atoms with Gasteiger partial charge >= 0.3 is 12.2 Å². The average molecular weight is 197 g/mol. The van der Waals surface area contributed by atoms with Gasteiger partial charge < -0.3 is 11.1 Å². The van der Waals surface area contributed by atoms with Gasteiger partial charge in [-0.25, -0.2) is 4.79 Å². The number of imide groups is 1. The van der Waals surface area contributed by atoms with E-state index in [9.17, 15) is 22.8 Å². The Bertz CT molecular complexity index is 252. The predicted molar refractivity (Wildman–Crippen MR) is 34.2 cm³/mol.